The lowest BCUT2D eigenvalue weighted by Gasteiger charge is -2.16. The van der Waals surface area contributed by atoms with Gasteiger partial charge in [-0.05, 0) is 47.7 Å². The lowest BCUT2D eigenvalue weighted by atomic mass is 10.1. The van der Waals surface area contributed by atoms with Crippen molar-refractivity contribution in [3.8, 4) is 0 Å². The Balaban J connectivity index is 2.41. The number of aromatic nitrogens is 4. The Morgan fingerprint density at radius 2 is 2.21 bits per heavy atom. The third-order valence-corrected chi connectivity index (χ3v) is 4.39. The molecular formula is C12H18BrN5S. The highest BCUT2D eigenvalue weighted by molar-refractivity contribution is 9.10. The number of hydrogen-bond donors (Lipinski definition) is 1. The summed E-state index contributed by atoms with van der Waals surface area (Å²) in [6.07, 6.45) is 3.74. The van der Waals surface area contributed by atoms with Crippen molar-refractivity contribution in [2.45, 2.75) is 45.7 Å². The normalized spacial score (nSPS) is 13.2. The Kier molecular flexibility index (Phi) is 4.70. The Morgan fingerprint density at radius 1 is 1.47 bits per heavy atom. The van der Waals surface area contributed by atoms with Gasteiger partial charge in [0, 0.05) is 6.04 Å². The van der Waals surface area contributed by atoms with E-state index in [4.69, 9.17) is 5.73 Å². The van der Waals surface area contributed by atoms with Gasteiger partial charge in [0.25, 0.3) is 0 Å². The topological polar surface area (TPSA) is 69.6 Å². The first-order chi connectivity index (χ1) is 9.06. The zero-order valence-corrected chi connectivity index (χ0v) is 13.7. The summed E-state index contributed by atoms with van der Waals surface area (Å²) in [6.45, 7) is 6.31. The van der Waals surface area contributed by atoms with Crippen LogP contribution in [0.1, 0.15) is 55.5 Å². The van der Waals surface area contributed by atoms with Crippen molar-refractivity contribution < 1.29 is 0 Å². The van der Waals surface area contributed by atoms with E-state index >= 15 is 0 Å². The van der Waals surface area contributed by atoms with Crippen LogP contribution in [-0.4, -0.2) is 19.4 Å². The first-order valence-electron chi connectivity index (χ1n) is 6.35. The molecule has 2 aromatic heterocycles. The van der Waals surface area contributed by atoms with E-state index in [-0.39, 0.29) is 12.1 Å². The number of halogens is 1. The van der Waals surface area contributed by atoms with Gasteiger partial charge in [0.05, 0.1) is 33.0 Å². The summed E-state index contributed by atoms with van der Waals surface area (Å²) in [5, 5.41) is 8.56. The van der Waals surface area contributed by atoms with Gasteiger partial charge in [0.1, 0.15) is 0 Å². The second-order valence-corrected chi connectivity index (χ2v) is 6.37. The minimum absolute atomic E-state index is 0.235. The van der Waals surface area contributed by atoms with Crippen LogP contribution < -0.4 is 5.73 Å². The molecule has 0 aliphatic heterocycles. The smallest absolute Gasteiger partial charge is 0.0863 e. The van der Waals surface area contributed by atoms with Gasteiger partial charge in [-0.3, -0.25) is 4.68 Å². The monoisotopic (exact) mass is 343 g/mol. The Hall–Kier alpha value is -0.790. The van der Waals surface area contributed by atoms with Gasteiger partial charge >= 0.3 is 0 Å². The first-order valence-corrected chi connectivity index (χ1v) is 7.92. The summed E-state index contributed by atoms with van der Waals surface area (Å²) in [5.74, 6) is 0. The van der Waals surface area contributed by atoms with Crippen molar-refractivity contribution in [3.05, 3.63) is 26.9 Å². The fraction of sp³-hybridized carbons (Fsp3) is 0.583. The molecule has 0 saturated carbocycles. The second-order valence-electron chi connectivity index (χ2n) is 4.73. The molecule has 5 nitrogen and oxygen atoms in total. The largest absolute Gasteiger partial charge is 0.318 e. The highest BCUT2D eigenvalue weighted by Crippen LogP contribution is 2.31. The van der Waals surface area contributed by atoms with Crippen molar-refractivity contribution >= 4 is 27.5 Å². The quantitative estimate of drug-likeness (QED) is 0.905. The standard InChI is InChI=1S/C12H18BrN5S/c1-4-5-9-12(19-17-16-9)10(14)11-8(13)6-15-18(11)7(2)3/h6-7,10H,4-5,14H2,1-3H3. The van der Waals surface area contributed by atoms with E-state index in [0.717, 1.165) is 33.6 Å². The predicted molar refractivity (Wildman–Crippen MR) is 80.2 cm³/mol. The van der Waals surface area contributed by atoms with Gasteiger partial charge in [-0.15, -0.1) is 5.10 Å². The van der Waals surface area contributed by atoms with Crippen LogP contribution in [0.25, 0.3) is 0 Å². The molecule has 0 amide bonds. The number of hydrogen-bond acceptors (Lipinski definition) is 5. The van der Waals surface area contributed by atoms with Gasteiger partial charge in [0.2, 0.25) is 0 Å². The van der Waals surface area contributed by atoms with Crippen LogP contribution in [0.4, 0.5) is 0 Å². The fourth-order valence-electron chi connectivity index (χ4n) is 2.04. The molecule has 1 unspecified atom stereocenters. The van der Waals surface area contributed by atoms with Crippen LogP contribution in [0, 0.1) is 0 Å². The van der Waals surface area contributed by atoms with Crippen LogP contribution in [0.3, 0.4) is 0 Å². The van der Waals surface area contributed by atoms with Crippen LogP contribution in [0.5, 0.6) is 0 Å². The zero-order valence-electron chi connectivity index (χ0n) is 11.3. The number of rotatable bonds is 5. The van der Waals surface area contributed by atoms with E-state index in [1.807, 2.05) is 4.68 Å². The molecule has 19 heavy (non-hydrogen) atoms. The lowest BCUT2D eigenvalue weighted by Crippen LogP contribution is -2.19. The van der Waals surface area contributed by atoms with E-state index in [1.165, 1.54) is 11.5 Å². The van der Waals surface area contributed by atoms with E-state index in [2.05, 4.69) is 51.4 Å². The number of nitrogens with two attached hydrogens (primary N) is 1. The molecule has 0 spiro atoms. The van der Waals surface area contributed by atoms with Gasteiger partial charge in [0.15, 0.2) is 0 Å². The third kappa shape index (κ3) is 2.88. The van der Waals surface area contributed by atoms with Gasteiger partial charge in [-0.2, -0.15) is 5.10 Å². The van der Waals surface area contributed by atoms with E-state index < -0.39 is 0 Å². The van der Waals surface area contributed by atoms with E-state index in [0.29, 0.717) is 0 Å². The summed E-state index contributed by atoms with van der Waals surface area (Å²) in [6, 6.07) is 0.0312. The summed E-state index contributed by atoms with van der Waals surface area (Å²) in [7, 11) is 0. The summed E-state index contributed by atoms with van der Waals surface area (Å²) in [5.41, 5.74) is 8.40. The third-order valence-electron chi connectivity index (χ3n) is 2.93. The first kappa shape index (κ1) is 14.6. The summed E-state index contributed by atoms with van der Waals surface area (Å²) in [4.78, 5) is 1.03. The molecule has 2 heterocycles. The number of nitrogens with zero attached hydrogens (tertiary/aromatic N) is 4. The molecule has 0 aliphatic rings. The maximum Gasteiger partial charge on any atom is 0.0863 e. The molecule has 0 saturated heterocycles. The molecule has 2 aromatic rings. The van der Waals surface area contributed by atoms with Gasteiger partial charge in [-0.25, -0.2) is 0 Å². The molecule has 0 fully saturated rings. The van der Waals surface area contributed by atoms with Crippen LogP contribution in [-0.2, 0) is 6.42 Å². The zero-order chi connectivity index (χ0) is 14.0. The minimum atomic E-state index is -0.235. The molecular weight excluding hydrogens is 326 g/mol. The SMILES string of the molecule is CCCc1nnsc1C(N)c1c(Br)cnn1C(C)C. The molecule has 2 N–H and O–H groups in total. The van der Waals surface area contributed by atoms with Crippen LogP contribution in [0.15, 0.2) is 10.7 Å². The average Bonchev–Trinajstić information content (AvgIpc) is 2.95. The highest BCUT2D eigenvalue weighted by Gasteiger charge is 2.24. The van der Waals surface area contributed by atoms with Gasteiger partial charge < -0.3 is 5.73 Å². The van der Waals surface area contributed by atoms with E-state index in [1.54, 1.807) is 6.20 Å². The van der Waals surface area contributed by atoms with E-state index in [9.17, 15) is 0 Å². The Labute approximate surface area is 125 Å². The van der Waals surface area contributed by atoms with Crippen molar-refractivity contribution in [2.24, 2.45) is 5.73 Å². The molecule has 0 aromatic carbocycles. The Bertz CT molecular complexity index is 548. The highest BCUT2D eigenvalue weighted by atomic mass is 79.9. The predicted octanol–water partition coefficient (Wildman–Crippen LogP) is 3.08. The Morgan fingerprint density at radius 3 is 2.84 bits per heavy atom. The molecule has 0 aliphatic carbocycles. The van der Waals surface area contributed by atoms with Crippen molar-refractivity contribution in [1.29, 1.82) is 0 Å². The lowest BCUT2D eigenvalue weighted by molar-refractivity contribution is 0.499. The molecule has 1 atom stereocenters. The summed E-state index contributed by atoms with van der Waals surface area (Å²) < 4.78 is 6.93. The van der Waals surface area contributed by atoms with Gasteiger partial charge in [-0.1, -0.05) is 17.8 Å². The van der Waals surface area contributed by atoms with Crippen molar-refractivity contribution in [1.82, 2.24) is 19.4 Å². The van der Waals surface area contributed by atoms with Crippen molar-refractivity contribution in [3.63, 3.8) is 0 Å². The maximum atomic E-state index is 6.42. The molecule has 7 heteroatoms. The number of aryl methyl sites for hydroxylation is 1. The second kappa shape index (κ2) is 6.11. The molecule has 2 rings (SSSR count). The minimum Gasteiger partial charge on any atom is -0.318 e. The average molecular weight is 344 g/mol. The van der Waals surface area contributed by atoms with Crippen LogP contribution >= 0.6 is 27.5 Å². The molecule has 0 bridgehead atoms. The summed E-state index contributed by atoms with van der Waals surface area (Å²) >= 11 is 4.91. The van der Waals surface area contributed by atoms with Crippen LogP contribution in [0.2, 0.25) is 0 Å². The van der Waals surface area contributed by atoms with Crippen molar-refractivity contribution in [2.75, 3.05) is 0 Å². The molecule has 104 valence electrons. The fourth-order valence-corrected chi connectivity index (χ4v) is 3.26. The molecule has 0 radical (unpaired) electrons. The maximum absolute atomic E-state index is 6.42.